The third-order valence-corrected chi connectivity index (χ3v) is 5.78. The molecule has 0 saturated heterocycles. The first kappa shape index (κ1) is 18.9. The number of nitrogens with two attached hydrogens (primary N) is 1. The first-order valence-corrected chi connectivity index (χ1v) is 9.19. The maximum atomic E-state index is 12.8. The van der Waals surface area contributed by atoms with Crippen LogP contribution in [-0.2, 0) is 4.79 Å². The van der Waals surface area contributed by atoms with Crippen molar-refractivity contribution in [3.8, 4) is 11.5 Å². The van der Waals surface area contributed by atoms with E-state index in [1.54, 1.807) is 6.20 Å². The summed E-state index contributed by atoms with van der Waals surface area (Å²) in [5, 5.41) is 3.08. The van der Waals surface area contributed by atoms with E-state index in [9.17, 15) is 4.79 Å². The van der Waals surface area contributed by atoms with Crippen molar-refractivity contribution in [1.29, 1.82) is 0 Å². The van der Waals surface area contributed by atoms with Gasteiger partial charge in [-0.3, -0.25) is 4.79 Å². The van der Waals surface area contributed by atoms with Gasteiger partial charge < -0.3 is 15.5 Å². The van der Waals surface area contributed by atoms with Crippen LogP contribution in [0.5, 0.6) is 0 Å². The number of aromatic nitrogens is 1. The highest BCUT2D eigenvalue weighted by Gasteiger charge is 2.40. The van der Waals surface area contributed by atoms with Crippen LogP contribution in [0, 0.1) is 24.7 Å². The van der Waals surface area contributed by atoms with Gasteiger partial charge in [-0.25, -0.2) is 4.98 Å². The van der Waals surface area contributed by atoms with Gasteiger partial charge in [-0.15, -0.1) is 12.4 Å². The van der Waals surface area contributed by atoms with E-state index in [2.05, 4.69) is 10.3 Å². The number of aryl methyl sites for hydroxylation is 1. The topological polar surface area (TPSA) is 81.2 Å². The van der Waals surface area contributed by atoms with Gasteiger partial charge in [0.15, 0.2) is 0 Å². The van der Waals surface area contributed by atoms with E-state index in [0.29, 0.717) is 17.7 Å². The third-order valence-electron chi connectivity index (χ3n) is 5.78. The molecule has 1 aromatic heterocycles. The van der Waals surface area contributed by atoms with E-state index in [4.69, 9.17) is 10.2 Å². The molecule has 1 aromatic carbocycles. The molecule has 2 aliphatic carbocycles. The number of anilines is 1. The van der Waals surface area contributed by atoms with Crippen LogP contribution in [-0.4, -0.2) is 16.9 Å². The first-order valence-electron chi connectivity index (χ1n) is 9.19. The number of hydrogen-bond donors (Lipinski definition) is 2. The van der Waals surface area contributed by atoms with E-state index in [1.807, 2.05) is 31.2 Å². The zero-order valence-corrected chi connectivity index (χ0v) is 15.8. The van der Waals surface area contributed by atoms with Gasteiger partial charge in [0.2, 0.25) is 11.8 Å². The van der Waals surface area contributed by atoms with Crippen molar-refractivity contribution in [2.75, 3.05) is 5.32 Å². The zero-order valence-electron chi connectivity index (χ0n) is 15.0. The van der Waals surface area contributed by atoms with Gasteiger partial charge in [0.25, 0.3) is 0 Å². The number of fused-ring (bicyclic) bond motifs is 2. The Labute approximate surface area is 160 Å². The monoisotopic (exact) mass is 375 g/mol. The second kappa shape index (κ2) is 7.80. The zero-order chi connectivity index (χ0) is 17.4. The highest BCUT2D eigenvalue weighted by molar-refractivity contribution is 5.93. The maximum absolute atomic E-state index is 12.8. The van der Waals surface area contributed by atoms with Crippen LogP contribution in [0.1, 0.15) is 37.9 Å². The van der Waals surface area contributed by atoms with Crippen LogP contribution in [0.3, 0.4) is 0 Å². The number of hydrogen-bond acceptors (Lipinski definition) is 4. The van der Waals surface area contributed by atoms with E-state index in [1.165, 1.54) is 19.3 Å². The number of benzene rings is 1. The molecule has 2 aromatic rings. The minimum Gasteiger partial charge on any atom is -0.441 e. The Morgan fingerprint density at radius 1 is 1.27 bits per heavy atom. The normalized spacial score (nSPS) is 27.5. The molecule has 1 amide bonds. The van der Waals surface area contributed by atoms with E-state index in [0.717, 1.165) is 29.9 Å². The predicted molar refractivity (Wildman–Crippen MR) is 104 cm³/mol. The number of carbonyl (C=O) groups excluding carboxylic acids is 1. The van der Waals surface area contributed by atoms with Crippen LogP contribution in [0.4, 0.5) is 5.69 Å². The number of nitrogens with zero attached hydrogens (tertiary/aromatic N) is 1. The molecule has 5 nitrogen and oxygen atoms in total. The fourth-order valence-electron chi connectivity index (χ4n) is 4.47. The second-order valence-electron chi connectivity index (χ2n) is 7.54. The lowest BCUT2D eigenvalue weighted by molar-refractivity contribution is -0.122. The van der Waals surface area contributed by atoms with Crippen LogP contribution < -0.4 is 11.1 Å². The summed E-state index contributed by atoms with van der Waals surface area (Å²) in [7, 11) is 0. The quantitative estimate of drug-likeness (QED) is 0.843. The molecule has 2 unspecified atom stereocenters. The number of halogens is 1. The van der Waals surface area contributed by atoms with Gasteiger partial charge in [-0.2, -0.15) is 0 Å². The van der Waals surface area contributed by atoms with Gasteiger partial charge in [0, 0.05) is 23.2 Å². The summed E-state index contributed by atoms with van der Waals surface area (Å²) in [6.07, 6.45) is 7.13. The molecule has 3 N–H and O–H groups in total. The highest BCUT2D eigenvalue weighted by Crippen LogP contribution is 2.42. The lowest BCUT2D eigenvalue weighted by atomic mass is 9.65. The molecular weight excluding hydrogens is 350 g/mol. The molecule has 2 fully saturated rings. The highest BCUT2D eigenvalue weighted by atomic mass is 35.5. The molecule has 4 rings (SSSR count). The third kappa shape index (κ3) is 3.79. The molecule has 1 heterocycles. The van der Waals surface area contributed by atoms with Gasteiger partial charge >= 0.3 is 0 Å². The molecule has 0 spiro atoms. The fraction of sp³-hybridized carbons (Fsp3) is 0.500. The van der Waals surface area contributed by atoms with Crippen molar-refractivity contribution in [3.05, 3.63) is 36.2 Å². The summed E-state index contributed by atoms with van der Waals surface area (Å²) in [5.41, 5.74) is 8.00. The van der Waals surface area contributed by atoms with Crippen molar-refractivity contribution in [1.82, 2.24) is 4.98 Å². The van der Waals surface area contributed by atoms with Crippen molar-refractivity contribution in [2.24, 2.45) is 23.5 Å². The van der Waals surface area contributed by atoms with Crippen molar-refractivity contribution in [2.45, 2.75) is 45.1 Å². The summed E-state index contributed by atoms with van der Waals surface area (Å²) < 4.78 is 5.57. The molecular formula is C20H26ClN3O2. The van der Waals surface area contributed by atoms with Crippen LogP contribution in [0.2, 0.25) is 0 Å². The van der Waals surface area contributed by atoms with Crippen LogP contribution in [0.15, 0.2) is 34.9 Å². The molecule has 26 heavy (non-hydrogen) atoms. The molecule has 140 valence electrons. The number of oxazole rings is 1. The molecule has 0 aliphatic heterocycles. The fourth-order valence-corrected chi connectivity index (χ4v) is 4.47. The first-order chi connectivity index (χ1) is 12.1. The van der Waals surface area contributed by atoms with Gasteiger partial charge in [0.1, 0.15) is 5.76 Å². The lowest BCUT2D eigenvalue weighted by Gasteiger charge is -2.43. The summed E-state index contributed by atoms with van der Waals surface area (Å²) >= 11 is 0. The van der Waals surface area contributed by atoms with Crippen molar-refractivity contribution < 1.29 is 9.21 Å². The van der Waals surface area contributed by atoms with E-state index in [-0.39, 0.29) is 30.3 Å². The SMILES string of the molecule is Cc1cnc(-c2cccc(NC(=O)C3CC4CCCC(C3)C4N)c2)o1.Cl. The molecule has 2 saturated carbocycles. The standard InChI is InChI=1S/C20H25N3O2.ClH/c1-12-11-22-20(25-12)15-6-3-7-17(10-15)23-19(24)16-8-13-4-2-5-14(9-16)18(13)21;/h3,6-7,10-11,13-14,16,18H,2,4-5,8-9,21H2,1H3,(H,23,24);1H. The average Bonchev–Trinajstić information content (AvgIpc) is 3.01. The number of rotatable bonds is 3. The minimum absolute atomic E-state index is 0. The molecule has 6 heteroatoms. The maximum Gasteiger partial charge on any atom is 0.227 e. The summed E-state index contributed by atoms with van der Waals surface area (Å²) in [5.74, 6) is 2.54. The lowest BCUT2D eigenvalue weighted by Crippen LogP contribution is -2.48. The Balaban J connectivity index is 0.00000196. The number of nitrogens with one attached hydrogen (secondary N) is 1. The summed E-state index contributed by atoms with van der Waals surface area (Å²) in [6, 6.07) is 7.96. The Kier molecular flexibility index (Phi) is 5.68. The Hall–Kier alpha value is -1.85. The number of carbonyl (C=O) groups is 1. The van der Waals surface area contributed by atoms with Crippen molar-refractivity contribution in [3.63, 3.8) is 0 Å². The van der Waals surface area contributed by atoms with Gasteiger partial charge in [0.05, 0.1) is 6.20 Å². The van der Waals surface area contributed by atoms with Crippen LogP contribution in [0.25, 0.3) is 11.5 Å². The Morgan fingerprint density at radius 2 is 2.00 bits per heavy atom. The van der Waals surface area contributed by atoms with Gasteiger partial charge in [-0.05, 0) is 62.6 Å². The summed E-state index contributed by atoms with van der Waals surface area (Å²) in [6.45, 7) is 1.87. The minimum atomic E-state index is 0. The molecule has 2 bridgehead atoms. The average molecular weight is 376 g/mol. The smallest absolute Gasteiger partial charge is 0.227 e. The van der Waals surface area contributed by atoms with Gasteiger partial charge in [-0.1, -0.05) is 12.5 Å². The largest absolute Gasteiger partial charge is 0.441 e. The number of amides is 1. The van der Waals surface area contributed by atoms with E-state index >= 15 is 0 Å². The molecule has 2 aliphatic rings. The second-order valence-corrected chi connectivity index (χ2v) is 7.54. The molecule has 2 atom stereocenters. The predicted octanol–water partition coefficient (Wildman–Crippen LogP) is 4.16. The summed E-state index contributed by atoms with van der Waals surface area (Å²) in [4.78, 5) is 17.0. The van der Waals surface area contributed by atoms with Crippen molar-refractivity contribution >= 4 is 24.0 Å². The molecule has 0 radical (unpaired) electrons. The van der Waals surface area contributed by atoms with E-state index < -0.39 is 0 Å². The Bertz CT molecular complexity index is 762. The van der Waals surface area contributed by atoms with Crippen LogP contribution >= 0.6 is 12.4 Å². The Morgan fingerprint density at radius 3 is 2.65 bits per heavy atom.